The molecule has 144 valence electrons. The summed E-state index contributed by atoms with van der Waals surface area (Å²) in [7, 11) is -2.27. The zero-order valence-electron chi connectivity index (χ0n) is 17.6. The predicted molar refractivity (Wildman–Crippen MR) is 129 cm³/mol. The van der Waals surface area contributed by atoms with Gasteiger partial charge in [-0.2, -0.15) is 0 Å². The minimum Gasteiger partial charge on any atom is -0.288 e. The largest absolute Gasteiger partial charge is 0.288 e. The van der Waals surface area contributed by atoms with Gasteiger partial charge in [0.25, 0.3) is 0 Å². The van der Waals surface area contributed by atoms with E-state index in [1.54, 1.807) is 11.3 Å². The maximum absolute atomic E-state index is 13.6. The summed E-state index contributed by atoms with van der Waals surface area (Å²) in [6.45, 7) is 14.4. The first-order chi connectivity index (χ1) is 12.6. The molecule has 0 aliphatic carbocycles. The van der Waals surface area contributed by atoms with Crippen molar-refractivity contribution < 1.29 is 0 Å². The number of aryl methyl sites for hydroxylation is 2. The fourth-order valence-electron chi connectivity index (χ4n) is 3.52. The molecule has 0 atom stereocenters. The topological polar surface area (TPSA) is 17.1 Å². The Balaban J connectivity index is 2.16. The summed E-state index contributed by atoms with van der Waals surface area (Å²) >= 11 is 1.78. The molecule has 0 spiro atoms. The molecule has 27 heavy (non-hydrogen) atoms. The SMILES string of the molecule is C[Si](C)(C)CCc1cccc2sc3cccc(CC[Si](C)(C)C)c3c(=O)c12. The number of hydrogen-bond donors (Lipinski definition) is 0. The second-order valence-corrected chi connectivity index (χ2v) is 22.5. The molecule has 0 amide bonds. The van der Waals surface area contributed by atoms with Crippen molar-refractivity contribution in [1.29, 1.82) is 0 Å². The number of rotatable bonds is 6. The van der Waals surface area contributed by atoms with Gasteiger partial charge in [-0.1, -0.05) is 75.6 Å². The van der Waals surface area contributed by atoms with Gasteiger partial charge in [-0.05, 0) is 36.1 Å². The van der Waals surface area contributed by atoms with Crippen LogP contribution in [0.15, 0.2) is 41.2 Å². The van der Waals surface area contributed by atoms with E-state index in [0.717, 1.165) is 33.0 Å². The van der Waals surface area contributed by atoms with Crippen LogP contribution < -0.4 is 5.43 Å². The lowest BCUT2D eigenvalue weighted by atomic mass is 10.0. The standard InChI is InChI=1S/C23H32OSSi2/c1-26(2,3)15-13-17-9-7-11-19-21(17)23(24)22-18(14-16-27(4,5)6)10-8-12-20(22)25-19/h7-12H,13-16H2,1-6H3. The van der Waals surface area contributed by atoms with Crippen LogP contribution in [0.25, 0.3) is 20.2 Å². The maximum Gasteiger partial charge on any atom is 0.196 e. The first kappa shape index (κ1) is 20.5. The lowest BCUT2D eigenvalue weighted by molar-refractivity contribution is 1.10. The number of fused-ring (bicyclic) bond motifs is 2. The first-order valence-electron chi connectivity index (χ1n) is 10.0. The van der Waals surface area contributed by atoms with E-state index < -0.39 is 16.1 Å². The Kier molecular flexibility index (Phi) is 5.81. The molecular formula is C23H32OSSi2. The van der Waals surface area contributed by atoms with Gasteiger partial charge in [0.15, 0.2) is 5.43 Å². The highest BCUT2D eigenvalue weighted by Crippen LogP contribution is 2.30. The van der Waals surface area contributed by atoms with E-state index in [1.165, 1.54) is 23.2 Å². The molecule has 3 aromatic rings. The Morgan fingerprint density at radius 1 is 0.704 bits per heavy atom. The van der Waals surface area contributed by atoms with Crippen LogP contribution in [0.3, 0.4) is 0 Å². The third kappa shape index (κ3) is 4.98. The quantitative estimate of drug-likeness (QED) is 0.309. The Labute approximate surface area is 169 Å². The van der Waals surface area contributed by atoms with E-state index in [0.29, 0.717) is 0 Å². The van der Waals surface area contributed by atoms with Crippen LogP contribution in [0.2, 0.25) is 51.4 Å². The molecule has 4 heteroatoms. The Morgan fingerprint density at radius 3 is 1.48 bits per heavy atom. The summed E-state index contributed by atoms with van der Waals surface area (Å²) in [6, 6.07) is 15.3. The molecule has 0 aliphatic rings. The van der Waals surface area contributed by atoms with E-state index in [-0.39, 0.29) is 5.43 Å². The summed E-state index contributed by atoms with van der Waals surface area (Å²) in [5.74, 6) is 0. The fraction of sp³-hybridized carbons (Fsp3) is 0.435. The highest BCUT2D eigenvalue weighted by Gasteiger charge is 2.18. The van der Waals surface area contributed by atoms with Gasteiger partial charge in [0, 0.05) is 36.3 Å². The lowest BCUT2D eigenvalue weighted by Gasteiger charge is -2.17. The molecule has 1 aromatic heterocycles. The Hall–Kier alpha value is -1.24. The molecule has 0 fully saturated rings. The van der Waals surface area contributed by atoms with Crippen LogP contribution in [0.1, 0.15) is 11.1 Å². The highest BCUT2D eigenvalue weighted by molar-refractivity contribution is 7.24. The minimum absolute atomic E-state index is 0.260. The van der Waals surface area contributed by atoms with Crippen LogP contribution in [-0.2, 0) is 12.8 Å². The molecule has 3 rings (SSSR count). The third-order valence-corrected chi connectivity index (χ3v) is 9.81. The molecule has 0 radical (unpaired) electrons. The minimum atomic E-state index is -1.14. The van der Waals surface area contributed by atoms with E-state index in [9.17, 15) is 4.79 Å². The van der Waals surface area contributed by atoms with Gasteiger partial charge in [0.1, 0.15) is 0 Å². The summed E-state index contributed by atoms with van der Waals surface area (Å²) in [5, 5.41) is 1.96. The number of benzene rings is 2. The highest BCUT2D eigenvalue weighted by atomic mass is 32.1. The summed E-state index contributed by atoms with van der Waals surface area (Å²) in [4.78, 5) is 13.6. The van der Waals surface area contributed by atoms with Crippen molar-refractivity contribution in [3.63, 3.8) is 0 Å². The Morgan fingerprint density at radius 2 is 1.11 bits per heavy atom. The summed E-state index contributed by atoms with van der Waals surface area (Å²) < 4.78 is 2.28. The van der Waals surface area contributed by atoms with Crippen LogP contribution in [0.4, 0.5) is 0 Å². The number of hydrogen-bond acceptors (Lipinski definition) is 2. The lowest BCUT2D eigenvalue weighted by Crippen LogP contribution is -2.21. The van der Waals surface area contributed by atoms with Crippen LogP contribution >= 0.6 is 11.3 Å². The molecule has 0 unspecified atom stereocenters. The smallest absolute Gasteiger partial charge is 0.196 e. The molecule has 0 N–H and O–H groups in total. The van der Waals surface area contributed by atoms with E-state index in [2.05, 4.69) is 75.7 Å². The van der Waals surface area contributed by atoms with E-state index in [1.807, 2.05) is 0 Å². The maximum atomic E-state index is 13.6. The molecule has 0 bridgehead atoms. The fourth-order valence-corrected chi connectivity index (χ4v) is 6.74. The Bertz CT molecular complexity index is 944. The zero-order chi connectivity index (χ0) is 19.8. The molecule has 0 saturated heterocycles. The van der Waals surface area contributed by atoms with Gasteiger partial charge >= 0.3 is 0 Å². The normalized spacial score (nSPS) is 12.8. The van der Waals surface area contributed by atoms with Gasteiger partial charge in [-0.25, -0.2) is 0 Å². The van der Waals surface area contributed by atoms with E-state index >= 15 is 0 Å². The second-order valence-electron chi connectivity index (χ2n) is 10.1. The molecule has 0 saturated carbocycles. The van der Waals surface area contributed by atoms with Crippen molar-refractivity contribution in [3.05, 3.63) is 57.7 Å². The van der Waals surface area contributed by atoms with Gasteiger partial charge < -0.3 is 0 Å². The van der Waals surface area contributed by atoms with Crippen molar-refractivity contribution in [2.24, 2.45) is 0 Å². The zero-order valence-corrected chi connectivity index (χ0v) is 20.4. The molecule has 1 nitrogen and oxygen atoms in total. The van der Waals surface area contributed by atoms with Crippen molar-refractivity contribution in [1.82, 2.24) is 0 Å². The van der Waals surface area contributed by atoms with Crippen LogP contribution in [0, 0.1) is 0 Å². The molecular weight excluding hydrogens is 380 g/mol. The van der Waals surface area contributed by atoms with Crippen molar-refractivity contribution in [2.75, 3.05) is 0 Å². The summed E-state index contributed by atoms with van der Waals surface area (Å²) in [6.07, 6.45) is 2.05. The molecule has 0 aliphatic heterocycles. The summed E-state index contributed by atoms with van der Waals surface area (Å²) in [5.41, 5.74) is 2.76. The van der Waals surface area contributed by atoms with Crippen molar-refractivity contribution >= 4 is 47.7 Å². The van der Waals surface area contributed by atoms with E-state index in [4.69, 9.17) is 0 Å². The third-order valence-electron chi connectivity index (χ3n) is 5.19. The first-order valence-corrected chi connectivity index (χ1v) is 18.2. The molecule has 1 heterocycles. The second kappa shape index (κ2) is 7.65. The van der Waals surface area contributed by atoms with Gasteiger partial charge in [-0.15, -0.1) is 11.3 Å². The van der Waals surface area contributed by atoms with Gasteiger partial charge in [-0.3, -0.25) is 4.79 Å². The van der Waals surface area contributed by atoms with Gasteiger partial charge in [0.05, 0.1) is 0 Å². The average molecular weight is 413 g/mol. The van der Waals surface area contributed by atoms with Crippen molar-refractivity contribution in [3.8, 4) is 0 Å². The van der Waals surface area contributed by atoms with Crippen molar-refractivity contribution in [2.45, 2.75) is 64.2 Å². The molecule has 2 aromatic carbocycles. The predicted octanol–water partition coefficient (Wildman–Crippen LogP) is 7.18. The monoisotopic (exact) mass is 412 g/mol. The average Bonchev–Trinajstić information content (AvgIpc) is 2.56. The van der Waals surface area contributed by atoms with Crippen LogP contribution in [0.5, 0.6) is 0 Å². The van der Waals surface area contributed by atoms with Gasteiger partial charge in [0.2, 0.25) is 0 Å². The van der Waals surface area contributed by atoms with Crippen LogP contribution in [-0.4, -0.2) is 16.1 Å².